The molecule has 0 saturated heterocycles. The number of aromatic amines is 1. The number of hydrogen-bond acceptors (Lipinski definition) is 3. The zero-order chi connectivity index (χ0) is 16.2. The summed E-state index contributed by atoms with van der Waals surface area (Å²) in [5.74, 6) is 1.66. The second kappa shape index (κ2) is 6.98. The molecule has 6 heteroatoms. The minimum atomic E-state index is 0.0627. The van der Waals surface area contributed by atoms with Crippen LogP contribution in [0.15, 0.2) is 18.5 Å². The number of carbonyl (C=O) groups excluding carboxylic acids is 1. The van der Waals surface area contributed by atoms with E-state index in [1.165, 1.54) is 0 Å². The van der Waals surface area contributed by atoms with E-state index in [1.54, 1.807) is 6.20 Å². The van der Waals surface area contributed by atoms with E-state index >= 15 is 0 Å². The molecule has 2 heterocycles. The van der Waals surface area contributed by atoms with Gasteiger partial charge in [-0.15, -0.1) is 0 Å². The van der Waals surface area contributed by atoms with Crippen LogP contribution in [0, 0.1) is 5.92 Å². The molecule has 1 aliphatic carbocycles. The van der Waals surface area contributed by atoms with Gasteiger partial charge in [0, 0.05) is 49.4 Å². The number of amides is 1. The van der Waals surface area contributed by atoms with Gasteiger partial charge in [0.2, 0.25) is 5.91 Å². The second-order valence-corrected chi connectivity index (χ2v) is 6.56. The first-order valence-electron chi connectivity index (χ1n) is 8.46. The molecular weight excluding hydrogens is 290 g/mol. The molecule has 0 spiro atoms. The Morgan fingerprint density at radius 2 is 2.39 bits per heavy atom. The fourth-order valence-electron chi connectivity index (χ4n) is 3.03. The number of fused-ring (bicyclic) bond motifs is 1. The summed E-state index contributed by atoms with van der Waals surface area (Å²) in [7, 11) is 0. The zero-order valence-electron chi connectivity index (χ0n) is 13.9. The molecule has 0 bridgehead atoms. The maximum atomic E-state index is 12.3. The zero-order valence-corrected chi connectivity index (χ0v) is 13.9. The Hall–Kier alpha value is -2.11. The van der Waals surface area contributed by atoms with Crippen LogP contribution in [0.4, 0.5) is 0 Å². The van der Waals surface area contributed by atoms with Crippen LogP contribution in [-0.4, -0.2) is 32.2 Å². The van der Waals surface area contributed by atoms with E-state index < -0.39 is 0 Å². The number of carbonyl (C=O) groups is 1. The van der Waals surface area contributed by atoms with Crippen LogP contribution in [-0.2, 0) is 24.2 Å². The van der Waals surface area contributed by atoms with Crippen LogP contribution in [0.5, 0.6) is 0 Å². The number of aryl methyl sites for hydroxylation is 2. The van der Waals surface area contributed by atoms with Crippen LogP contribution < -0.4 is 5.32 Å². The summed E-state index contributed by atoms with van der Waals surface area (Å²) in [6.45, 7) is 5.80. The molecule has 1 atom stereocenters. The molecule has 0 fully saturated rings. The number of nitrogens with zero attached hydrogens (tertiary/aromatic N) is 3. The molecule has 2 aromatic rings. The van der Waals surface area contributed by atoms with E-state index in [9.17, 15) is 4.79 Å². The Kier molecular flexibility index (Phi) is 4.79. The van der Waals surface area contributed by atoms with Crippen molar-refractivity contribution in [1.82, 2.24) is 25.1 Å². The third-order valence-electron chi connectivity index (χ3n) is 4.40. The predicted octanol–water partition coefficient (Wildman–Crippen LogP) is 2.04. The summed E-state index contributed by atoms with van der Waals surface area (Å²) >= 11 is 0. The van der Waals surface area contributed by atoms with Crippen molar-refractivity contribution in [1.29, 1.82) is 0 Å². The fourth-order valence-corrected chi connectivity index (χ4v) is 3.03. The Morgan fingerprint density at radius 1 is 1.52 bits per heavy atom. The van der Waals surface area contributed by atoms with Crippen LogP contribution in [0.25, 0.3) is 0 Å². The van der Waals surface area contributed by atoms with Gasteiger partial charge in [-0.2, -0.15) is 5.10 Å². The molecule has 124 valence electrons. The largest absolute Gasteiger partial charge is 0.356 e. The maximum Gasteiger partial charge on any atom is 0.223 e. The normalized spacial score (nSPS) is 17.3. The number of H-pyrrole nitrogens is 1. The van der Waals surface area contributed by atoms with E-state index in [0.29, 0.717) is 12.5 Å². The number of imidazole rings is 1. The van der Waals surface area contributed by atoms with Crippen LogP contribution in [0.3, 0.4) is 0 Å². The topological polar surface area (TPSA) is 75.6 Å². The third kappa shape index (κ3) is 3.81. The van der Waals surface area contributed by atoms with E-state index in [4.69, 9.17) is 0 Å². The lowest BCUT2D eigenvalue weighted by atomic mass is 9.89. The molecule has 1 amide bonds. The first kappa shape index (κ1) is 15.8. The Morgan fingerprint density at radius 3 is 3.13 bits per heavy atom. The third-order valence-corrected chi connectivity index (χ3v) is 4.40. The highest BCUT2D eigenvalue weighted by molar-refractivity contribution is 5.79. The van der Waals surface area contributed by atoms with Crippen molar-refractivity contribution in [3.05, 3.63) is 35.7 Å². The van der Waals surface area contributed by atoms with E-state index in [-0.39, 0.29) is 11.8 Å². The molecule has 6 nitrogen and oxygen atoms in total. The van der Waals surface area contributed by atoms with Gasteiger partial charge in [-0.3, -0.25) is 9.48 Å². The standard InChI is InChI=1S/C17H25N5O/c1-12(2)16-20-14-6-5-13(11-15(14)21-16)17(23)18-7-3-9-22-10-4-8-19-22/h4,8,10,12-13H,3,5-7,9,11H2,1-2H3,(H,18,23)(H,20,21)/t13-/m1/s1. The highest BCUT2D eigenvalue weighted by Crippen LogP contribution is 2.25. The second-order valence-electron chi connectivity index (χ2n) is 6.56. The van der Waals surface area contributed by atoms with Crippen molar-refractivity contribution in [3.8, 4) is 0 Å². The molecule has 3 rings (SSSR count). The van der Waals surface area contributed by atoms with Crippen molar-refractivity contribution in [3.63, 3.8) is 0 Å². The number of aromatic nitrogens is 4. The minimum absolute atomic E-state index is 0.0627. The van der Waals surface area contributed by atoms with Gasteiger partial charge in [0.15, 0.2) is 0 Å². The molecule has 2 aromatic heterocycles. The van der Waals surface area contributed by atoms with E-state index in [1.807, 2.05) is 16.9 Å². The van der Waals surface area contributed by atoms with Gasteiger partial charge >= 0.3 is 0 Å². The van der Waals surface area contributed by atoms with Gasteiger partial charge in [-0.05, 0) is 25.3 Å². The van der Waals surface area contributed by atoms with E-state index in [0.717, 1.165) is 49.4 Å². The van der Waals surface area contributed by atoms with Crippen molar-refractivity contribution in [2.45, 2.75) is 52.0 Å². The molecule has 0 radical (unpaired) electrons. The average Bonchev–Trinajstić information content (AvgIpc) is 3.19. The lowest BCUT2D eigenvalue weighted by Crippen LogP contribution is -2.35. The van der Waals surface area contributed by atoms with E-state index in [2.05, 4.69) is 34.2 Å². The highest BCUT2D eigenvalue weighted by atomic mass is 16.1. The summed E-state index contributed by atoms with van der Waals surface area (Å²) in [6, 6.07) is 1.91. The molecular formula is C17H25N5O. The summed E-state index contributed by atoms with van der Waals surface area (Å²) in [6.07, 6.45) is 7.17. The number of nitrogens with one attached hydrogen (secondary N) is 2. The Balaban J connectivity index is 1.46. The lowest BCUT2D eigenvalue weighted by molar-refractivity contribution is -0.125. The lowest BCUT2D eigenvalue weighted by Gasteiger charge is -2.20. The van der Waals surface area contributed by atoms with Crippen LogP contribution in [0.1, 0.15) is 49.8 Å². The van der Waals surface area contributed by atoms with Gasteiger partial charge in [0.05, 0.1) is 5.69 Å². The van der Waals surface area contributed by atoms with Crippen LogP contribution in [0.2, 0.25) is 0 Å². The molecule has 2 N–H and O–H groups in total. The summed E-state index contributed by atoms with van der Waals surface area (Å²) in [4.78, 5) is 20.4. The van der Waals surface area contributed by atoms with Crippen molar-refractivity contribution in [2.75, 3.05) is 6.54 Å². The summed E-state index contributed by atoms with van der Waals surface area (Å²) in [5.41, 5.74) is 2.30. The van der Waals surface area contributed by atoms with Crippen LogP contribution >= 0.6 is 0 Å². The molecule has 0 unspecified atom stereocenters. The predicted molar refractivity (Wildman–Crippen MR) is 88.0 cm³/mol. The van der Waals surface area contributed by atoms with Crippen molar-refractivity contribution in [2.24, 2.45) is 5.92 Å². The summed E-state index contributed by atoms with van der Waals surface area (Å²) < 4.78 is 1.89. The molecule has 0 aliphatic heterocycles. The Bertz CT molecular complexity index is 644. The number of rotatable bonds is 6. The molecule has 1 aliphatic rings. The highest BCUT2D eigenvalue weighted by Gasteiger charge is 2.27. The minimum Gasteiger partial charge on any atom is -0.356 e. The maximum absolute atomic E-state index is 12.3. The molecule has 0 aromatic carbocycles. The van der Waals surface area contributed by atoms with Gasteiger partial charge in [0.25, 0.3) is 0 Å². The first-order chi connectivity index (χ1) is 11.1. The quantitative estimate of drug-likeness (QED) is 0.801. The van der Waals surface area contributed by atoms with Gasteiger partial charge in [-0.1, -0.05) is 13.8 Å². The fraction of sp³-hybridized carbons (Fsp3) is 0.588. The molecule has 23 heavy (non-hydrogen) atoms. The molecule has 0 saturated carbocycles. The Labute approximate surface area is 136 Å². The number of hydrogen-bond donors (Lipinski definition) is 2. The monoisotopic (exact) mass is 315 g/mol. The first-order valence-corrected chi connectivity index (χ1v) is 8.46. The SMILES string of the molecule is CC(C)c1nc2c([nH]1)C[C@H](C(=O)NCCCn1cccn1)CC2. The summed E-state index contributed by atoms with van der Waals surface area (Å²) in [5, 5.41) is 7.22. The average molecular weight is 315 g/mol. The van der Waals surface area contributed by atoms with Gasteiger partial charge < -0.3 is 10.3 Å². The van der Waals surface area contributed by atoms with Gasteiger partial charge in [0.1, 0.15) is 5.82 Å². The van der Waals surface area contributed by atoms with Crippen molar-refractivity contribution < 1.29 is 4.79 Å². The smallest absolute Gasteiger partial charge is 0.223 e. The van der Waals surface area contributed by atoms with Crippen molar-refractivity contribution >= 4 is 5.91 Å². The van der Waals surface area contributed by atoms with Gasteiger partial charge in [-0.25, -0.2) is 4.98 Å².